The summed E-state index contributed by atoms with van der Waals surface area (Å²) in [4.78, 5) is 24.0. The zero-order chi connectivity index (χ0) is 13.0. The Labute approximate surface area is 107 Å². The molecule has 17 heavy (non-hydrogen) atoms. The number of nitrogens with zero attached hydrogens (tertiary/aromatic N) is 3. The maximum atomic E-state index is 11.7. The van der Waals surface area contributed by atoms with Gasteiger partial charge in [-0.05, 0) is 22.4 Å². The van der Waals surface area contributed by atoms with E-state index >= 15 is 0 Å². The fourth-order valence-electron chi connectivity index (χ4n) is 1.44. The first-order chi connectivity index (χ1) is 7.97. The first-order valence-corrected chi connectivity index (χ1v) is 5.95. The lowest BCUT2D eigenvalue weighted by atomic mass is 10.3. The molecule has 1 aromatic heterocycles. The standard InChI is InChI=1S/C10H14BrN3O3/c1-3-4-14(6-8(15)16)7-5-12-13(2)10(17)9(7)11/h5H,3-4,6H2,1-2H3,(H,15,16). The largest absolute Gasteiger partial charge is 0.480 e. The summed E-state index contributed by atoms with van der Waals surface area (Å²) in [6, 6.07) is 0. The number of aromatic nitrogens is 2. The van der Waals surface area contributed by atoms with Gasteiger partial charge in [0.1, 0.15) is 11.0 Å². The molecule has 0 fully saturated rings. The van der Waals surface area contributed by atoms with Crippen LogP contribution in [0.25, 0.3) is 0 Å². The number of anilines is 1. The highest BCUT2D eigenvalue weighted by atomic mass is 79.9. The monoisotopic (exact) mass is 303 g/mol. The zero-order valence-corrected chi connectivity index (χ0v) is 11.3. The molecule has 0 saturated heterocycles. The third kappa shape index (κ3) is 3.29. The molecule has 0 amide bonds. The summed E-state index contributed by atoms with van der Waals surface area (Å²) >= 11 is 3.18. The molecule has 6 nitrogen and oxygen atoms in total. The second kappa shape index (κ2) is 5.81. The lowest BCUT2D eigenvalue weighted by Gasteiger charge is -2.22. The normalized spacial score (nSPS) is 10.3. The van der Waals surface area contributed by atoms with Gasteiger partial charge in [0.2, 0.25) is 0 Å². The lowest BCUT2D eigenvalue weighted by molar-refractivity contribution is -0.135. The van der Waals surface area contributed by atoms with Crippen molar-refractivity contribution in [1.29, 1.82) is 0 Å². The maximum Gasteiger partial charge on any atom is 0.323 e. The molecule has 1 aromatic rings. The van der Waals surface area contributed by atoms with Crippen LogP contribution >= 0.6 is 15.9 Å². The van der Waals surface area contributed by atoms with Crippen molar-refractivity contribution in [2.24, 2.45) is 7.05 Å². The average Bonchev–Trinajstić information content (AvgIpc) is 2.25. The van der Waals surface area contributed by atoms with Crippen LogP contribution in [0.3, 0.4) is 0 Å². The van der Waals surface area contributed by atoms with Gasteiger partial charge in [-0.1, -0.05) is 6.92 Å². The van der Waals surface area contributed by atoms with Gasteiger partial charge in [0.15, 0.2) is 0 Å². The van der Waals surface area contributed by atoms with Crippen LogP contribution in [0.5, 0.6) is 0 Å². The van der Waals surface area contributed by atoms with Crippen LogP contribution < -0.4 is 10.5 Å². The van der Waals surface area contributed by atoms with E-state index < -0.39 is 5.97 Å². The topological polar surface area (TPSA) is 75.4 Å². The highest BCUT2D eigenvalue weighted by Crippen LogP contribution is 2.21. The third-order valence-electron chi connectivity index (χ3n) is 2.22. The Morgan fingerprint density at radius 1 is 1.65 bits per heavy atom. The van der Waals surface area contributed by atoms with E-state index in [4.69, 9.17) is 5.11 Å². The summed E-state index contributed by atoms with van der Waals surface area (Å²) in [7, 11) is 1.54. The van der Waals surface area contributed by atoms with Crippen molar-refractivity contribution in [3.63, 3.8) is 0 Å². The number of halogens is 1. The number of hydrogen-bond acceptors (Lipinski definition) is 4. The van der Waals surface area contributed by atoms with E-state index in [1.807, 2.05) is 6.92 Å². The van der Waals surface area contributed by atoms with Gasteiger partial charge >= 0.3 is 5.97 Å². The zero-order valence-electron chi connectivity index (χ0n) is 9.68. The van der Waals surface area contributed by atoms with Gasteiger partial charge in [-0.25, -0.2) is 4.68 Å². The second-order valence-corrected chi connectivity index (χ2v) is 4.38. The van der Waals surface area contributed by atoms with Gasteiger partial charge in [-0.2, -0.15) is 5.10 Å². The molecular weight excluding hydrogens is 290 g/mol. The smallest absolute Gasteiger partial charge is 0.323 e. The van der Waals surface area contributed by atoms with Gasteiger partial charge in [-0.3, -0.25) is 9.59 Å². The van der Waals surface area contributed by atoms with E-state index in [2.05, 4.69) is 21.0 Å². The van der Waals surface area contributed by atoms with Gasteiger partial charge in [-0.15, -0.1) is 0 Å². The molecule has 0 aliphatic heterocycles. The van der Waals surface area contributed by atoms with Gasteiger partial charge in [0, 0.05) is 13.6 Å². The summed E-state index contributed by atoms with van der Waals surface area (Å²) in [5.41, 5.74) is 0.228. The SMILES string of the molecule is CCCN(CC(=O)O)c1cnn(C)c(=O)c1Br. The number of rotatable bonds is 5. The molecule has 0 aromatic carbocycles. The lowest BCUT2D eigenvalue weighted by Crippen LogP contribution is -2.33. The Hall–Kier alpha value is -1.37. The Morgan fingerprint density at radius 2 is 2.29 bits per heavy atom. The predicted molar refractivity (Wildman–Crippen MR) is 67.3 cm³/mol. The highest BCUT2D eigenvalue weighted by Gasteiger charge is 2.16. The first-order valence-electron chi connectivity index (χ1n) is 5.16. The van der Waals surface area contributed by atoms with E-state index in [1.54, 1.807) is 4.90 Å². The van der Waals surface area contributed by atoms with Crippen LogP contribution in [0.4, 0.5) is 5.69 Å². The van der Waals surface area contributed by atoms with Gasteiger partial charge in [0.25, 0.3) is 5.56 Å². The van der Waals surface area contributed by atoms with Gasteiger partial charge in [0.05, 0.1) is 11.9 Å². The molecule has 94 valence electrons. The molecule has 1 rings (SSSR count). The number of aliphatic carboxylic acids is 1. The molecule has 0 aliphatic rings. The molecule has 0 spiro atoms. The van der Waals surface area contributed by atoms with E-state index in [1.165, 1.54) is 17.9 Å². The van der Waals surface area contributed by atoms with E-state index in [0.29, 0.717) is 16.7 Å². The number of carboxylic acids is 1. The van der Waals surface area contributed by atoms with E-state index in [9.17, 15) is 9.59 Å². The van der Waals surface area contributed by atoms with Crippen LogP contribution in [0, 0.1) is 0 Å². The van der Waals surface area contributed by atoms with Crippen molar-refractivity contribution in [2.45, 2.75) is 13.3 Å². The average molecular weight is 304 g/mol. The van der Waals surface area contributed by atoms with Crippen molar-refractivity contribution < 1.29 is 9.90 Å². The molecule has 0 radical (unpaired) electrons. The molecule has 0 unspecified atom stereocenters. The van der Waals surface area contributed by atoms with Crippen LogP contribution in [-0.2, 0) is 11.8 Å². The minimum atomic E-state index is -0.939. The second-order valence-electron chi connectivity index (χ2n) is 3.59. The van der Waals surface area contributed by atoms with Crippen molar-refractivity contribution in [3.8, 4) is 0 Å². The van der Waals surface area contributed by atoms with E-state index in [-0.39, 0.29) is 12.1 Å². The van der Waals surface area contributed by atoms with Crippen LogP contribution in [-0.4, -0.2) is 33.9 Å². The van der Waals surface area contributed by atoms with Crippen molar-refractivity contribution in [3.05, 3.63) is 21.0 Å². The Bertz CT molecular complexity index is 472. The summed E-state index contributed by atoms with van der Waals surface area (Å²) < 4.78 is 1.53. The number of aryl methyl sites for hydroxylation is 1. The summed E-state index contributed by atoms with van der Waals surface area (Å²) in [6.07, 6.45) is 2.28. The van der Waals surface area contributed by atoms with Crippen molar-refractivity contribution in [2.75, 3.05) is 18.0 Å². The molecule has 1 N–H and O–H groups in total. The summed E-state index contributed by atoms with van der Waals surface area (Å²) in [5, 5.41) is 12.7. The van der Waals surface area contributed by atoms with Crippen LogP contribution in [0.15, 0.2) is 15.5 Å². The Morgan fingerprint density at radius 3 is 2.82 bits per heavy atom. The van der Waals surface area contributed by atoms with Gasteiger partial charge < -0.3 is 10.0 Å². The predicted octanol–water partition coefficient (Wildman–Crippen LogP) is 0.844. The number of carboxylic acid groups (broad SMARTS) is 1. The minimum Gasteiger partial charge on any atom is -0.480 e. The van der Waals surface area contributed by atoms with E-state index in [0.717, 1.165) is 6.42 Å². The Kier molecular flexibility index (Phi) is 4.68. The minimum absolute atomic E-state index is 0.152. The highest BCUT2D eigenvalue weighted by molar-refractivity contribution is 9.10. The molecule has 1 heterocycles. The molecule has 0 atom stereocenters. The van der Waals surface area contributed by atoms with Crippen LogP contribution in [0.1, 0.15) is 13.3 Å². The molecule has 0 bridgehead atoms. The number of hydrogen-bond donors (Lipinski definition) is 1. The third-order valence-corrected chi connectivity index (χ3v) is 2.97. The summed E-state index contributed by atoms with van der Waals surface area (Å²) in [6.45, 7) is 2.35. The molecule has 0 saturated carbocycles. The quantitative estimate of drug-likeness (QED) is 0.872. The molecule has 0 aliphatic carbocycles. The maximum absolute atomic E-state index is 11.7. The molecule has 7 heteroatoms. The Balaban J connectivity index is 3.14. The van der Waals surface area contributed by atoms with Crippen molar-refractivity contribution in [1.82, 2.24) is 9.78 Å². The van der Waals surface area contributed by atoms with Crippen LogP contribution in [0.2, 0.25) is 0 Å². The first kappa shape index (κ1) is 13.7. The van der Waals surface area contributed by atoms with Crippen molar-refractivity contribution >= 4 is 27.6 Å². The number of carbonyl (C=O) groups is 1. The summed E-state index contributed by atoms with van der Waals surface area (Å²) in [5.74, 6) is -0.939. The fourth-order valence-corrected chi connectivity index (χ4v) is 2.05. The fraction of sp³-hybridized carbons (Fsp3) is 0.500. The molecular formula is C10H14BrN3O3.